The number of rotatable bonds is 5. The SMILES string of the molecule is Cc1ccc([S+](c2ccccc2)c2ccc(C(=O)c3ccccc3)cc2)cc1. The normalized spacial score (nSPS) is 11.8. The summed E-state index contributed by atoms with van der Waals surface area (Å²) < 4.78 is 0. The fourth-order valence-corrected chi connectivity index (χ4v) is 5.20. The van der Waals surface area contributed by atoms with Crippen LogP contribution in [0.3, 0.4) is 0 Å². The first-order chi connectivity index (χ1) is 13.7. The van der Waals surface area contributed by atoms with Crippen LogP contribution < -0.4 is 0 Å². The molecule has 0 saturated carbocycles. The summed E-state index contributed by atoms with van der Waals surface area (Å²) >= 11 is 0. The molecule has 0 aliphatic heterocycles. The molecule has 4 rings (SSSR count). The van der Waals surface area contributed by atoms with Crippen molar-refractivity contribution in [3.8, 4) is 0 Å². The van der Waals surface area contributed by atoms with Crippen molar-refractivity contribution in [1.82, 2.24) is 0 Å². The molecule has 0 aromatic heterocycles. The standard InChI is InChI=1S/C26H21OS/c1-20-12-16-24(17-13-20)28(23-10-6-3-7-11-23)25-18-14-22(15-19-25)26(27)21-8-4-2-5-9-21/h2-19H,1H3/q+1. The molecule has 4 aromatic carbocycles. The number of aryl methyl sites for hydroxylation is 1. The molecule has 1 atom stereocenters. The van der Waals surface area contributed by atoms with Gasteiger partial charge in [0.15, 0.2) is 20.5 Å². The van der Waals surface area contributed by atoms with E-state index in [-0.39, 0.29) is 16.7 Å². The molecule has 0 amide bonds. The second-order valence-electron chi connectivity index (χ2n) is 6.65. The number of hydrogen-bond donors (Lipinski definition) is 0. The van der Waals surface area contributed by atoms with Gasteiger partial charge in [0.25, 0.3) is 0 Å². The molecule has 136 valence electrons. The topological polar surface area (TPSA) is 17.1 Å². The fourth-order valence-electron chi connectivity index (χ4n) is 3.14. The molecule has 0 fully saturated rings. The molecule has 0 heterocycles. The molecule has 1 nitrogen and oxygen atoms in total. The van der Waals surface area contributed by atoms with Gasteiger partial charge in [-0.2, -0.15) is 0 Å². The zero-order valence-corrected chi connectivity index (χ0v) is 16.5. The Morgan fingerprint density at radius 3 is 1.54 bits per heavy atom. The van der Waals surface area contributed by atoms with Crippen LogP contribution in [-0.4, -0.2) is 5.78 Å². The van der Waals surface area contributed by atoms with Crippen LogP contribution in [0.25, 0.3) is 0 Å². The molecular formula is C26H21OS+. The van der Waals surface area contributed by atoms with Crippen molar-refractivity contribution in [2.24, 2.45) is 0 Å². The van der Waals surface area contributed by atoms with Crippen LogP contribution in [0.1, 0.15) is 21.5 Å². The number of benzene rings is 4. The lowest BCUT2D eigenvalue weighted by molar-refractivity contribution is 0.103. The van der Waals surface area contributed by atoms with Gasteiger partial charge in [-0.15, -0.1) is 0 Å². The summed E-state index contributed by atoms with van der Waals surface area (Å²) in [5.74, 6) is 0.0575. The number of ketones is 1. The van der Waals surface area contributed by atoms with E-state index >= 15 is 0 Å². The molecular weight excluding hydrogens is 360 g/mol. The molecule has 0 saturated heterocycles. The average molecular weight is 382 g/mol. The third-order valence-electron chi connectivity index (χ3n) is 4.62. The molecule has 0 bridgehead atoms. The molecule has 0 aliphatic carbocycles. The Bertz CT molecular complexity index is 1050. The van der Waals surface area contributed by atoms with Crippen LogP contribution in [-0.2, 0) is 10.9 Å². The lowest BCUT2D eigenvalue weighted by atomic mass is 10.0. The highest BCUT2D eigenvalue weighted by Crippen LogP contribution is 2.31. The summed E-state index contributed by atoms with van der Waals surface area (Å²) in [6.07, 6.45) is 0. The Morgan fingerprint density at radius 2 is 0.964 bits per heavy atom. The number of hydrogen-bond acceptors (Lipinski definition) is 1. The van der Waals surface area contributed by atoms with Crippen LogP contribution in [0.5, 0.6) is 0 Å². The van der Waals surface area contributed by atoms with Gasteiger partial charge in [0.2, 0.25) is 0 Å². The van der Waals surface area contributed by atoms with Crippen LogP contribution in [0, 0.1) is 6.92 Å². The van der Waals surface area contributed by atoms with E-state index in [1.54, 1.807) is 0 Å². The predicted octanol–water partition coefficient (Wildman–Crippen LogP) is 6.32. The maximum absolute atomic E-state index is 12.7. The minimum Gasteiger partial charge on any atom is -0.289 e. The van der Waals surface area contributed by atoms with E-state index in [0.29, 0.717) is 0 Å². The Morgan fingerprint density at radius 1 is 0.536 bits per heavy atom. The van der Waals surface area contributed by atoms with Gasteiger partial charge in [-0.3, -0.25) is 4.79 Å². The largest absolute Gasteiger partial charge is 0.289 e. The fraction of sp³-hybridized carbons (Fsp3) is 0.0385. The molecule has 28 heavy (non-hydrogen) atoms. The summed E-state index contributed by atoms with van der Waals surface area (Å²) in [4.78, 5) is 16.5. The molecule has 2 heteroatoms. The van der Waals surface area contributed by atoms with Gasteiger partial charge in [0, 0.05) is 11.1 Å². The number of carbonyl (C=O) groups excluding carboxylic acids is 1. The van der Waals surface area contributed by atoms with E-state index in [1.807, 2.05) is 48.5 Å². The Balaban J connectivity index is 1.71. The van der Waals surface area contributed by atoms with Crippen molar-refractivity contribution in [3.63, 3.8) is 0 Å². The smallest absolute Gasteiger partial charge is 0.193 e. The van der Waals surface area contributed by atoms with Gasteiger partial charge in [0.05, 0.1) is 10.9 Å². The third-order valence-corrected chi connectivity index (χ3v) is 6.85. The summed E-state index contributed by atoms with van der Waals surface area (Å²) in [6.45, 7) is 2.11. The van der Waals surface area contributed by atoms with Gasteiger partial charge in [-0.25, -0.2) is 0 Å². The van der Waals surface area contributed by atoms with Crippen molar-refractivity contribution < 1.29 is 4.79 Å². The van der Waals surface area contributed by atoms with E-state index in [2.05, 4.69) is 67.6 Å². The monoisotopic (exact) mass is 381 g/mol. The van der Waals surface area contributed by atoms with Crippen LogP contribution >= 0.6 is 0 Å². The first kappa shape index (κ1) is 18.3. The van der Waals surface area contributed by atoms with E-state index < -0.39 is 0 Å². The third kappa shape index (κ3) is 3.92. The lowest BCUT2D eigenvalue weighted by Gasteiger charge is -2.09. The molecule has 0 spiro atoms. The van der Waals surface area contributed by atoms with E-state index in [4.69, 9.17) is 0 Å². The molecule has 4 aromatic rings. The average Bonchev–Trinajstić information content (AvgIpc) is 2.77. The van der Waals surface area contributed by atoms with E-state index in [0.717, 1.165) is 11.1 Å². The lowest BCUT2D eigenvalue weighted by Crippen LogP contribution is -2.06. The maximum Gasteiger partial charge on any atom is 0.193 e. The zero-order chi connectivity index (χ0) is 19.3. The summed E-state index contributed by atoms with van der Waals surface area (Å²) in [5.41, 5.74) is 2.69. The van der Waals surface area contributed by atoms with Gasteiger partial charge in [-0.05, 0) is 55.5 Å². The summed E-state index contributed by atoms with van der Waals surface area (Å²) in [7, 11) is -0.200. The minimum atomic E-state index is -0.200. The highest BCUT2D eigenvalue weighted by Gasteiger charge is 2.28. The first-order valence-electron chi connectivity index (χ1n) is 9.28. The zero-order valence-electron chi connectivity index (χ0n) is 15.7. The van der Waals surface area contributed by atoms with Crippen molar-refractivity contribution in [2.45, 2.75) is 21.6 Å². The highest BCUT2D eigenvalue weighted by molar-refractivity contribution is 7.97. The van der Waals surface area contributed by atoms with Crippen molar-refractivity contribution >= 4 is 16.7 Å². The van der Waals surface area contributed by atoms with E-state index in [1.165, 1.54) is 20.2 Å². The first-order valence-corrected chi connectivity index (χ1v) is 10.5. The Labute approximate surface area is 169 Å². The second-order valence-corrected chi connectivity index (χ2v) is 8.68. The van der Waals surface area contributed by atoms with Crippen LogP contribution in [0.2, 0.25) is 0 Å². The van der Waals surface area contributed by atoms with Crippen LogP contribution in [0.4, 0.5) is 0 Å². The van der Waals surface area contributed by atoms with Crippen molar-refractivity contribution in [2.75, 3.05) is 0 Å². The van der Waals surface area contributed by atoms with Crippen molar-refractivity contribution in [1.29, 1.82) is 0 Å². The van der Waals surface area contributed by atoms with Gasteiger partial charge in [-0.1, -0.05) is 66.2 Å². The summed E-state index contributed by atoms with van der Waals surface area (Å²) in [5, 5.41) is 0. The molecule has 1 unspecified atom stereocenters. The molecule has 0 N–H and O–H groups in total. The number of carbonyl (C=O) groups is 1. The minimum absolute atomic E-state index is 0.0575. The molecule has 0 aliphatic rings. The van der Waals surface area contributed by atoms with Crippen LogP contribution in [0.15, 0.2) is 124 Å². The molecule has 0 radical (unpaired) electrons. The summed E-state index contributed by atoms with van der Waals surface area (Å²) in [6, 6.07) is 36.8. The van der Waals surface area contributed by atoms with E-state index in [9.17, 15) is 4.79 Å². The van der Waals surface area contributed by atoms with Gasteiger partial charge < -0.3 is 0 Å². The quantitative estimate of drug-likeness (QED) is 0.292. The van der Waals surface area contributed by atoms with Crippen molar-refractivity contribution in [3.05, 3.63) is 126 Å². The second kappa shape index (κ2) is 8.28. The maximum atomic E-state index is 12.7. The highest BCUT2D eigenvalue weighted by atomic mass is 32.2. The predicted molar refractivity (Wildman–Crippen MR) is 116 cm³/mol. The van der Waals surface area contributed by atoms with Gasteiger partial charge >= 0.3 is 0 Å². The Kier molecular flexibility index (Phi) is 5.41. The van der Waals surface area contributed by atoms with Gasteiger partial charge in [0.1, 0.15) is 0 Å². The Hall–Kier alpha value is -3.10.